The van der Waals surface area contributed by atoms with Gasteiger partial charge in [0.15, 0.2) is 0 Å². The molecule has 0 atom stereocenters. The van der Waals surface area contributed by atoms with Crippen LogP contribution in [0.3, 0.4) is 0 Å². The second-order valence-electron chi connectivity index (χ2n) is 2.88. The van der Waals surface area contributed by atoms with Crippen LogP contribution < -0.4 is 0 Å². The van der Waals surface area contributed by atoms with E-state index in [1.165, 1.54) is 16.8 Å². The molecule has 1 N–H and O–H groups in total. The fourth-order valence-electron chi connectivity index (χ4n) is 0.689. The van der Waals surface area contributed by atoms with Crippen LogP contribution in [0.5, 0.6) is 0 Å². The van der Waals surface area contributed by atoms with Crippen LogP contribution >= 0.6 is 0 Å². The molecular weight excluding hydrogens is 196 g/mol. The Morgan fingerprint density at radius 1 is 1.31 bits per heavy atom. The molecule has 0 aliphatic heterocycles. The van der Waals surface area contributed by atoms with Crippen molar-refractivity contribution in [2.45, 2.75) is 0 Å². The first kappa shape index (κ1) is 12.2. The molecule has 0 radical (unpaired) electrons. The minimum atomic E-state index is -3.99. The molecule has 78 valence electrons. The van der Waals surface area contributed by atoms with Crippen molar-refractivity contribution >= 4 is 16.1 Å². The second kappa shape index (κ2) is 4.43. The summed E-state index contributed by atoms with van der Waals surface area (Å²) in [7, 11) is 0.599. The Morgan fingerprint density at radius 3 is 2.08 bits per heavy atom. The third-order valence-corrected chi connectivity index (χ3v) is 2.09. The normalized spacial score (nSPS) is 11.1. The summed E-state index contributed by atoms with van der Waals surface area (Å²) in [5.74, 6) is -0.441. The summed E-state index contributed by atoms with van der Waals surface area (Å²) in [4.78, 5) is 13.7. The van der Waals surface area contributed by atoms with E-state index in [9.17, 15) is 13.2 Å². The van der Waals surface area contributed by atoms with Crippen molar-refractivity contribution in [2.24, 2.45) is 0 Å². The van der Waals surface area contributed by atoms with E-state index in [0.717, 1.165) is 0 Å². The maximum Gasteiger partial charge on any atom is 0.319 e. The van der Waals surface area contributed by atoms with Gasteiger partial charge >= 0.3 is 6.03 Å². The molecule has 0 unspecified atom stereocenters. The monoisotopic (exact) mass is 210 g/mol. The lowest BCUT2D eigenvalue weighted by atomic mass is 10.6. The van der Waals surface area contributed by atoms with Gasteiger partial charge in [0.2, 0.25) is 0 Å². The van der Waals surface area contributed by atoms with E-state index in [0.29, 0.717) is 0 Å². The minimum absolute atomic E-state index is 0.0180. The van der Waals surface area contributed by atoms with Crippen LogP contribution in [0.1, 0.15) is 0 Å². The molecule has 6 nitrogen and oxygen atoms in total. The smallest absolute Gasteiger partial charge is 0.319 e. The van der Waals surface area contributed by atoms with E-state index in [-0.39, 0.29) is 12.6 Å². The Hall–Kier alpha value is -0.820. The minimum Gasteiger partial charge on any atom is -0.331 e. The van der Waals surface area contributed by atoms with E-state index >= 15 is 0 Å². The largest absolute Gasteiger partial charge is 0.331 e. The molecule has 0 saturated carbocycles. The van der Waals surface area contributed by atoms with E-state index < -0.39 is 15.9 Å². The molecule has 0 rings (SSSR count). The summed E-state index contributed by atoms with van der Waals surface area (Å²) in [6.45, 7) is -0.0180. The topological polar surface area (TPSA) is 77.9 Å². The van der Waals surface area contributed by atoms with Crippen molar-refractivity contribution in [3.8, 4) is 0 Å². The number of urea groups is 1. The van der Waals surface area contributed by atoms with Crippen LogP contribution in [0.15, 0.2) is 0 Å². The lowest BCUT2D eigenvalue weighted by molar-refractivity contribution is 0.184. The van der Waals surface area contributed by atoms with Crippen LogP contribution in [0.25, 0.3) is 0 Å². The van der Waals surface area contributed by atoms with Crippen molar-refractivity contribution in [1.29, 1.82) is 0 Å². The van der Waals surface area contributed by atoms with E-state index in [1.807, 2.05) is 0 Å². The predicted octanol–water partition coefficient (Wildman–Crippen LogP) is -0.512. The van der Waals surface area contributed by atoms with Gasteiger partial charge in [-0.05, 0) is 0 Å². The molecule has 0 aromatic carbocycles. The zero-order valence-corrected chi connectivity index (χ0v) is 8.71. The number of nitrogens with zero attached hydrogens (tertiary/aromatic N) is 2. The van der Waals surface area contributed by atoms with Crippen molar-refractivity contribution in [2.75, 3.05) is 33.4 Å². The third kappa shape index (κ3) is 5.42. The van der Waals surface area contributed by atoms with E-state index in [4.69, 9.17) is 4.55 Å². The van der Waals surface area contributed by atoms with Crippen molar-refractivity contribution in [3.63, 3.8) is 0 Å². The van der Waals surface area contributed by atoms with Gasteiger partial charge in [0, 0.05) is 27.7 Å². The summed E-state index contributed by atoms with van der Waals surface area (Å²) in [5, 5.41) is 0. The van der Waals surface area contributed by atoms with Gasteiger partial charge in [-0.3, -0.25) is 4.55 Å². The van der Waals surface area contributed by atoms with Gasteiger partial charge in [-0.15, -0.1) is 0 Å². The molecule has 0 aliphatic carbocycles. The molecule has 0 fully saturated rings. The summed E-state index contributed by atoms with van der Waals surface area (Å²) in [6, 6.07) is -0.302. The van der Waals surface area contributed by atoms with Crippen LogP contribution in [-0.4, -0.2) is 62.2 Å². The van der Waals surface area contributed by atoms with Crippen LogP contribution in [0.2, 0.25) is 0 Å². The highest BCUT2D eigenvalue weighted by atomic mass is 32.2. The average Bonchev–Trinajstić information content (AvgIpc) is 1.97. The van der Waals surface area contributed by atoms with Gasteiger partial charge in [-0.1, -0.05) is 0 Å². The maximum atomic E-state index is 11.1. The standard InChI is InChI=1S/C6H14N2O4S/c1-7(2)6(9)8(3)4-5-13(10,11)12/h4-5H2,1-3H3,(H,10,11,12). The Kier molecular flexibility index (Phi) is 4.15. The zero-order chi connectivity index (χ0) is 10.6. The van der Waals surface area contributed by atoms with Crippen molar-refractivity contribution < 1.29 is 17.8 Å². The lowest BCUT2D eigenvalue weighted by Gasteiger charge is -2.20. The number of hydrogen-bond acceptors (Lipinski definition) is 3. The van der Waals surface area contributed by atoms with Gasteiger partial charge in [0.05, 0.1) is 5.75 Å². The summed E-state index contributed by atoms with van der Waals surface area (Å²) >= 11 is 0. The summed E-state index contributed by atoms with van der Waals surface area (Å²) < 4.78 is 29.1. The molecule has 0 aromatic rings. The molecule has 0 saturated heterocycles. The Balaban J connectivity index is 4.03. The quantitative estimate of drug-likeness (QED) is 0.636. The van der Waals surface area contributed by atoms with Gasteiger partial charge in [-0.2, -0.15) is 8.42 Å². The lowest BCUT2D eigenvalue weighted by Crippen LogP contribution is -2.38. The Morgan fingerprint density at radius 2 is 1.77 bits per heavy atom. The first-order chi connectivity index (χ1) is 5.74. The SMILES string of the molecule is CN(C)C(=O)N(C)CCS(=O)(=O)O. The van der Waals surface area contributed by atoms with Gasteiger partial charge < -0.3 is 9.80 Å². The third-order valence-electron chi connectivity index (χ3n) is 1.39. The molecule has 0 spiro atoms. The Labute approximate surface area is 77.9 Å². The fourth-order valence-corrected chi connectivity index (χ4v) is 1.19. The zero-order valence-electron chi connectivity index (χ0n) is 7.89. The Bertz CT molecular complexity index is 272. The first-order valence-corrected chi connectivity index (χ1v) is 5.22. The second-order valence-corrected chi connectivity index (χ2v) is 4.46. The van der Waals surface area contributed by atoms with E-state index in [1.54, 1.807) is 14.1 Å². The number of carbonyl (C=O) groups is 1. The van der Waals surface area contributed by atoms with Crippen LogP contribution in [-0.2, 0) is 10.1 Å². The summed E-state index contributed by atoms with van der Waals surface area (Å²) in [5.41, 5.74) is 0. The average molecular weight is 210 g/mol. The van der Waals surface area contributed by atoms with Crippen molar-refractivity contribution in [3.05, 3.63) is 0 Å². The molecule has 0 aliphatic rings. The number of hydrogen-bond donors (Lipinski definition) is 1. The molecule has 0 heterocycles. The molecule has 2 amide bonds. The van der Waals surface area contributed by atoms with Gasteiger partial charge in [-0.25, -0.2) is 4.79 Å². The first-order valence-electron chi connectivity index (χ1n) is 3.61. The summed E-state index contributed by atoms with van der Waals surface area (Å²) in [6.07, 6.45) is 0. The van der Waals surface area contributed by atoms with Gasteiger partial charge in [0.25, 0.3) is 10.1 Å². The molecule has 13 heavy (non-hydrogen) atoms. The highest BCUT2D eigenvalue weighted by Crippen LogP contribution is 1.92. The number of carbonyl (C=O) groups excluding carboxylic acids is 1. The van der Waals surface area contributed by atoms with Gasteiger partial charge in [0.1, 0.15) is 0 Å². The number of amides is 2. The molecule has 7 heteroatoms. The van der Waals surface area contributed by atoms with Crippen LogP contribution in [0.4, 0.5) is 4.79 Å². The fraction of sp³-hybridized carbons (Fsp3) is 0.833. The molecular formula is C6H14N2O4S. The molecule has 0 bridgehead atoms. The highest BCUT2D eigenvalue weighted by molar-refractivity contribution is 7.85. The van der Waals surface area contributed by atoms with Crippen LogP contribution in [0, 0.1) is 0 Å². The number of rotatable bonds is 3. The predicted molar refractivity (Wildman–Crippen MR) is 48.1 cm³/mol. The maximum absolute atomic E-state index is 11.1. The highest BCUT2D eigenvalue weighted by Gasteiger charge is 2.13. The molecule has 0 aromatic heterocycles. The van der Waals surface area contributed by atoms with Crippen molar-refractivity contribution in [1.82, 2.24) is 9.80 Å². The van der Waals surface area contributed by atoms with E-state index in [2.05, 4.69) is 0 Å².